The van der Waals surface area contributed by atoms with Crippen LogP contribution in [0.4, 0.5) is 5.82 Å². The Balaban J connectivity index is 2.13. The minimum atomic E-state index is -1.03. The van der Waals surface area contributed by atoms with Gasteiger partial charge in [0.1, 0.15) is 5.82 Å². The molecule has 0 aliphatic carbocycles. The molecule has 92 valence electrons. The van der Waals surface area contributed by atoms with Gasteiger partial charge in [0.25, 0.3) is 0 Å². The van der Waals surface area contributed by atoms with Gasteiger partial charge in [0, 0.05) is 13.1 Å². The number of nitrogens with zero attached hydrogens (tertiary/aromatic N) is 3. The first-order valence-corrected chi connectivity index (χ1v) is 5.78. The van der Waals surface area contributed by atoms with Crippen molar-refractivity contribution in [3.05, 3.63) is 18.1 Å². The highest BCUT2D eigenvalue weighted by Crippen LogP contribution is 2.31. The molecule has 0 radical (unpaired) electrons. The molecule has 2 heterocycles. The topological polar surface area (TPSA) is 66.3 Å². The van der Waals surface area contributed by atoms with E-state index >= 15 is 0 Å². The van der Waals surface area contributed by atoms with E-state index in [0.717, 1.165) is 25.9 Å². The fourth-order valence-corrected chi connectivity index (χ4v) is 1.95. The van der Waals surface area contributed by atoms with Crippen molar-refractivity contribution >= 4 is 11.8 Å². The van der Waals surface area contributed by atoms with Crippen LogP contribution in [0, 0.1) is 5.41 Å². The number of anilines is 1. The van der Waals surface area contributed by atoms with Crippen LogP contribution in [0.2, 0.25) is 0 Å². The summed E-state index contributed by atoms with van der Waals surface area (Å²) in [6.07, 6.45) is 5.09. The van der Waals surface area contributed by atoms with Gasteiger partial charge in [0.2, 0.25) is 0 Å². The molecule has 0 spiro atoms. The zero-order chi connectivity index (χ0) is 12.5. The summed E-state index contributed by atoms with van der Waals surface area (Å²) in [5.74, 6) is -0.364. The maximum Gasteiger partial charge on any atom is 0.356 e. The molecule has 17 heavy (non-hydrogen) atoms. The van der Waals surface area contributed by atoms with Crippen molar-refractivity contribution in [2.75, 3.05) is 18.0 Å². The summed E-state index contributed by atoms with van der Waals surface area (Å²) in [6, 6.07) is 0. The fraction of sp³-hybridized carbons (Fsp3) is 0.583. The molecule has 1 N–H and O–H groups in total. The van der Waals surface area contributed by atoms with Gasteiger partial charge in [0.05, 0.1) is 12.4 Å². The smallest absolute Gasteiger partial charge is 0.356 e. The zero-order valence-corrected chi connectivity index (χ0v) is 10.2. The van der Waals surface area contributed by atoms with E-state index in [4.69, 9.17) is 5.11 Å². The van der Waals surface area contributed by atoms with Crippen molar-refractivity contribution < 1.29 is 9.90 Å². The Morgan fingerprint density at radius 2 is 2.00 bits per heavy atom. The monoisotopic (exact) mass is 235 g/mol. The van der Waals surface area contributed by atoms with Crippen LogP contribution in [0.3, 0.4) is 0 Å². The number of aromatic carboxylic acids is 1. The summed E-state index contributed by atoms with van der Waals surface area (Å²) < 4.78 is 0. The number of piperidine rings is 1. The molecule has 1 aliphatic heterocycles. The predicted octanol–water partition coefficient (Wildman–Crippen LogP) is 1.80. The molecule has 1 aliphatic rings. The lowest BCUT2D eigenvalue weighted by Crippen LogP contribution is -2.38. The Kier molecular flexibility index (Phi) is 3.00. The highest BCUT2D eigenvalue weighted by atomic mass is 16.4. The van der Waals surface area contributed by atoms with Gasteiger partial charge in [-0.1, -0.05) is 13.8 Å². The minimum Gasteiger partial charge on any atom is -0.476 e. The highest BCUT2D eigenvalue weighted by molar-refractivity contribution is 5.85. The molecular formula is C12H17N3O2. The molecular weight excluding hydrogens is 218 g/mol. The molecule has 1 aromatic rings. The van der Waals surface area contributed by atoms with Crippen LogP contribution in [-0.2, 0) is 0 Å². The molecule has 0 atom stereocenters. The summed E-state index contributed by atoms with van der Waals surface area (Å²) >= 11 is 0. The number of hydrogen-bond donors (Lipinski definition) is 1. The largest absolute Gasteiger partial charge is 0.476 e. The first kappa shape index (κ1) is 11.8. The Bertz CT molecular complexity index is 422. The van der Waals surface area contributed by atoms with Crippen LogP contribution in [-0.4, -0.2) is 34.1 Å². The molecule has 5 nitrogen and oxygen atoms in total. The Morgan fingerprint density at radius 3 is 2.59 bits per heavy atom. The minimum absolute atomic E-state index is 0.00679. The number of hydrogen-bond acceptors (Lipinski definition) is 4. The zero-order valence-electron chi connectivity index (χ0n) is 10.2. The van der Waals surface area contributed by atoms with E-state index < -0.39 is 5.97 Å². The van der Waals surface area contributed by atoms with Gasteiger partial charge in [-0.05, 0) is 18.3 Å². The summed E-state index contributed by atoms with van der Waals surface area (Å²) in [6.45, 7) is 6.32. The van der Waals surface area contributed by atoms with Crippen LogP contribution in [0.25, 0.3) is 0 Å². The lowest BCUT2D eigenvalue weighted by atomic mass is 9.83. The van der Waals surface area contributed by atoms with Gasteiger partial charge < -0.3 is 10.0 Å². The van der Waals surface area contributed by atoms with Crippen LogP contribution in [0.1, 0.15) is 37.2 Å². The van der Waals surface area contributed by atoms with Gasteiger partial charge in [-0.2, -0.15) is 0 Å². The number of carboxylic acid groups (broad SMARTS) is 1. The first-order valence-electron chi connectivity index (χ1n) is 5.78. The third-order valence-corrected chi connectivity index (χ3v) is 3.28. The maximum absolute atomic E-state index is 10.8. The quantitative estimate of drug-likeness (QED) is 0.846. The molecule has 1 aromatic heterocycles. The van der Waals surface area contributed by atoms with Crippen LogP contribution < -0.4 is 4.90 Å². The van der Waals surface area contributed by atoms with Crippen molar-refractivity contribution in [3.63, 3.8) is 0 Å². The second-order valence-corrected chi connectivity index (χ2v) is 5.22. The Hall–Kier alpha value is -1.65. The summed E-state index contributed by atoms with van der Waals surface area (Å²) in [4.78, 5) is 21.0. The lowest BCUT2D eigenvalue weighted by molar-refractivity contribution is 0.0690. The second-order valence-electron chi connectivity index (χ2n) is 5.22. The van der Waals surface area contributed by atoms with Crippen molar-refractivity contribution in [1.29, 1.82) is 0 Å². The summed E-state index contributed by atoms with van der Waals surface area (Å²) in [7, 11) is 0. The molecule has 0 aromatic carbocycles. The normalized spacial score (nSPS) is 19.1. The summed E-state index contributed by atoms with van der Waals surface area (Å²) in [5, 5.41) is 8.87. The molecule has 1 fully saturated rings. The molecule has 0 saturated carbocycles. The van der Waals surface area contributed by atoms with E-state index in [-0.39, 0.29) is 5.69 Å². The van der Waals surface area contributed by atoms with Crippen LogP contribution in [0.15, 0.2) is 12.4 Å². The van der Waals surface area contributed by atoms with Crippen molar-refractivity contribution in [1.82, 2.24) is 9.97 Å². The van der Waals surface area contributed by atoms with E-state index in [9.17, 15) is 4.79 Å². The average Bonchev–Trinajstić information content (AvgIpc) is 2.29. The molecule has 5 heteroatoms. The molecule has 2 rings (SSSR count). The van der Waals surface area contributed by atoms with E-state index in [1.54, 1.807) is 6.20 Å². The lowest BCUT2D eigenvalue weighted by Gasteiger charge is -2.37. The van der Waals surface area contributed by atoms with Gasteiger partial charge in [-0.3, -0.25) is 4.98 Å². The highest BCUT2D eigenvalue weighted by Gasteiger charge is 2.26. The number of carboxylic acids is 1. The Labute approximate surface area is 100 Å². The van der Waals surface area contributed by atoms with Gasteiger partial charge in [-0.25, -0.2) is 9.78 Å². The number of carbonyl (C=O) groups is 1. The summed E-state index contributed by atoms with van der Waals surface area (Å²) in [5.41, 5.74) is 0.376. The SMILES string of the molecule is CC1(C)CCN(c2cncc(C(=O)O)n2)CC1. The van der Waals surface area contributed by atoms with Gasteiger partial charge >= 0.3 is 5.97 Å². The number of aromatic nitrogens is 2. The standard InChI is InChI=1S/C12H17N3O2/c1-12(2)3-5-15(6-4-12)10-8-13-7-9(14-10)11(16)17/h7-8H,3-6H2,1-2H3,(H,16,17). The maximum atomic E-state index is 10.8. The second kappa shape index (κ2) is 4.31. The van der Waals surface area contributed by atoms with Crippen LogP contribution in [0.5, 0.6) is 0 Å². The van der Waals surface area contributed by atoms with Crippen molar-refractivity contribution in [2.24, 2.45) is 5.41 Å². The van der Waals surface area contributed by atoms with E-state index in [0.29, 0.717) is 11.2 Å². The number of rotatable bonds is 2. The van der Waals surface area contributed by atoms with Crippen molar-refractivity contribution in [3.8, 4) is 0 Å². The molecule has 1 saturated heterocycles. The molecule has 0 amide bonds. The van der Waals surface area contributed by atoms with E-state index in [2.05, 4.69) is 28.7 Å². The molecule has 0 unspecified atom stereocenters. The first-order chi connectivity index (χ1) is 7.98. The fourth-order valence-electron chi connectivity index (χ4n) is 1.95. The van der Waals surface area contributed by atoms with Crippen molar-refractivity contribution in [2.45, 2.75) is 26.7 Å². The van der Waals surface area contributed by atoms with E-state index in [1.807, 2.05) is 0 Å². The Morgan fingerprint density at radius 1 is 1.35 bits per heavy atom. The molecule has 0 bridgehead atoms. The average molecular weight is 235 g/mol. The van der Waals surface area contributed by atoms with E-state index in [1.165, 1.54) is 6.20 Å². The van der Waals surface area contributed by atoms with Crippen LogP contribution >= 0.6 is 0 Å². The predicted molar refractivity (Wildman–Crippen MR) is 64.2 cm³/mol. The van der Waals surface area contributed by atoms with Gasteiger partial charge in [-0.15, -0.1) is 0 Å². The third kappa shape index (κ3) is 2.72. The third-order valence-electron chi connectivity index (χ3n) is 3.28. The van der Waals surface area contributed by atoms with Gasteiger partial charge in [0.15, 0.2) is 5.69 Å².